The Kier molecular flexibility index (Phi) is 5.78. The fraction of sp³-hybridized carbons (Fsp3) is 0.474. The summed E-state index contributed by atoms with van der Waals surface area (Å²) in [7, 11) is 2.96. The topological polar surface area (TPSA) is 81.1 Å². The third-order valence-electron chi connectivity index (χ3n) is 5.00. The number of likely N-dealkylation sites (tertiary alicyclic amines) is 1. The van der Waals surface area contributed by atoms with E-state index in [4.69, 9.17) is 9.47 Å². The first-order chi connectivity index (χ1) is 12.6. The zero-order valence-corrected chi connectivity index (χ0v) is 15.3. The molecule has 1 atom stereocenters. The molecule has 140 valence electrons. The van der Waals surface area contributed by atoms with E-state index in [1.807, 2.05) is 24.3 Å². The molecule has 3 N–H and O–H groups in total. The van der Waals surface area contributed by atoms with Crippen molar-refractivity contribution in [3.05, 3.63) is 41.1 Å². The van der Waals surface area contributed by atoms with Crippen LogP contribution in [0.1, 0.15) is 30.9 Å². The van der Waals surface area contributed by atoms with Crippen molar-refractivity contribution in [1.29, 1.82) is 0 Å². The van der Waals surface area contributed by atoms with Gasteiger partial charge < -0.3 is 25.0 Å². The summed E-state index contributed by atoms with van der Waals surface area (Å²) in [5.74, 6) is 0.292. The molecule has 3 rings (SSSR count). The van der Waals surface area contributed by atoms with Gasteiger partial charge in [0.05, 0.1) is 44.6 Å². The number of benzene rings is 1. The molecule has 1 fully saturated rings. The fourth-order valence-electron chi connectivity index (χ4n) is 3.63. The standard InChI is InChI=1S/C19H25N3O4/c1-25-14-8-6-13(7-9-14)17-16(18(23)26-2)15(20-19(24)21-17)12-22-10-4-3-5-11-22/h6-9,17H,3-5,10-12H2,1-2H3,(H2,20,21,24)/p+1/t17-/m1/s1. The number of carbonyl (C=O) groups is 2. The number of rotatable bonds is 5. The molecule has 0 saturated carbocycles. The summed E-state index contributed by atoms with van der Waals surface area (Å²) in [6.07, 6.45) is 3.59. The van der Waals surface area contributed by atoms with Gasteiger partial charge in [-0.1, -0.05) is 12.1 Å². The molecular weight excluding hydrogens is 334 g/mol. The summed E-state index contributed by atoms with van der Waals surface area (Å²) in [5, 5.41) is 5.68. The first kappa shape index (κ1) is 18.3. The van der Waals surface area contributed by atoms with Crippen molar-refractivity contribution in [3.8, 4) is 5.75 Å². The number of nitrogens with one attached hydrogen (secondary N) is 3. The average Bonchev–Trinajstić information content (AvgIpc) is 2.68. The van der Waals surface area contributed by atoms with Crippen molar-refractivity contribution in [2.24, 2.45) is 0 Å². The highest BCUT2D eigenvalue weighted by Gasteiger charge is 2.35. The van der Waals surface area contributed by atoms with Crippen molar-refractivity contribution in [3.63, 3.8) is 0 Å². The molecule has 0 aromatic heterocycles. The van der Waals surface area contributed by atoms with Gasteiger partial charge in [-0.3, -0.25) is 0 Å². The van der Waals surface area contributed by atoms with Crippen LogP contribution >= 0.6 is 0 Å². The molecule has 0 bridgehead atoms. The van der Waals surface area contributed by atoms with Gasteiger partial charge >= 0.3 is 12.0 Å². The van der Waals surface area contributed by atoms with Gasteiger partial charge in [0, 0.05) is 0 Å². The molecule has 0 spiro atoms. The van der Waals surface area contributed by atoms with Crippen LogP contribution in [0, 0.1) is 0 Å². The van der Waals surface area contributed by atoms with Crippen molar-refractivity contribution < 1.29 is 24.0 Å². The molecule has 2 aliphatic rings. The van der Waals surface area contributed by atoms with Gasteiger partial charge in [-0.15, -0.1) is 0 Å². The first-order valence-corrected chi connectivity index (χ1v) is 8.98. The molecule has 2 amide bonds. The number of amides is 2. The number of methoxy groups -OCH3 is 2. The Morgan fingerprint density at radius 3 is 2.46 bits per heavy atom. The summed E-state index contributed by atoms with van der Waals surface area (Å²) in [4.78, 5) is 26.1. The normalized spacial score (nSPS) is 21.0. The lowest BCUT2D eigenvalue weighted by molar-refractivity contribution is -0.900. The van der Waals surface area contributed by atoms with E-state index in [0.717, 1.165) is 24.4 Å². The average molecular weight is 360 g/mol. The maximum absolute atomic E-state index is 12.5. The minimum absolute atomic E-state index is 0.301. The van der Waals surface area contributed by atoms with Gasteiger partial charge in [0.2, 0.25) is 0 Å². The van der Waals surface area contributed by atoms with Crippen LogP contribution in [0.5, 0.6) is 5.75 Å². The first-order valence-electron chi connectivity index (χ1n) is 8.98. The van der Waals surface area contributed by atoms with Crippen molar-refractivity contribution in [1.82, 2.24) is 10.6 Å². The van der Waals surface area contributed by atoms with E-state index in [9.17, 15) is 9.59 Å². The highest BCUT2D eigenvalue weighted by Crippen LogP contribution is 2.28. The number of quaternary nitrogens is 1. The van der Waals surface area contributed by atoms with E-state index in [1.54, 1.807) is 7.11 Å². The predicted molar refractivity (Wildman–Crippen MR) is 95.9 cm³/mol. The Morgan fingerprint density at radius 2 is 1.85 bits per heavy atom. The van der Waals surface area contributed by atoms with Crippen LogP contribution in [-0.2, 0) is 9.53 Å². The number of piperidine rings is 1. The van der Waals surface area contributed by atoms with Crippen LogP contribution in [0.2, 0.25) is 0 Å². The highest BCUT2D eigenvalue weighted by atomic mass is 16.5. The van der Waals surface area contributed by atoms with E-state index >= 15 is 0 Å². The largest absolute Gasteiger partial charge is 0.497 e. The predicted octanol–water partition coefficient (Wildman–Crippen LogP) is 0.545. The molecule has 0 aliphatic carbocycles. The van der Waals surface area contributed by atoms with Crippen molar-refractivity contribution in [2.75, 3.05) is 33.9 Å². The molecule has 1 aromatic carbocycles. The SMILES string of the molecule is COC(=O)C1=C(C[NH+]2CCCCC2)NC(=O)N[C@@H]1c1ccc(OC)cc1. The summed E-state index contributed by atoms with van der Waals surface area (Å²) < 4.78 is 10.2. The third-order valence-corrected chi connectivity index (χ3v) is 5.00. The molecule has 26 heavy (non-hydrogen) atoms. The zero-order valence-electron chi connectivity index (χ0n) is 15.3. The number of urea groups is 1. The monoisotopic (exact) mass is 360 g/mol. The second-order valence-electron chi connectivity index (χ2n) is 6.68. The van der Waals surface area contributed by atoms with Crippen LogP contribution in [0.4, 0.5) is 4.79 Å². The minimum Gasteiger partial charge on any atom is -0.497 e. The van der Waals surface area contributed by atoms with Gasteiger partial charge in [0.25, 0.3) is 0 Å². The Hall–Kier alpha value is -2.54. The molecule has 0 radical (unpaired) electrons. The number of carbonyl (C=O) groups excluding carboxylic acids is 2. The summed E-state index contributed by atoms with van der Waals surface area (Å²) in [6, 6.07) is 6.49. The molecule has 1 aromatic rings. The van der Waals surface area contributed by atoms with Gasteiger partial charge in [0.15, 0.2) is 0 Å². The number of ether oxygens (including phenoxy) is 2. The Morgan fingerprint density at radius 1 is 1.15 bits per heavy atom. The van der Waals surface area contributed by atoms with Crippen LogP contribution in [0.25, 0.3) is 0 Å². The summed E-state index contributed by atoms with van der Waals surface area (Å²) in [5.41, 5.74) is 1.93. The van der Waals surface area contributed by atoms with Gasteiger partial charge in [0.1, 0.15) is 12.3 Å². The lowest BCUT2D eigenvalue weighted by Gasteiger charge is -2.31. The van der Waals surface area contributed by atoms with Gasteiger partial charge in [-0.25, -0.2) is 9.59 Å². The molecule has 7 heteroatoms. The minimum atomic E-state index is -0.540. The Labute approximate surface area is 153 Å². The maximum Gasteiger partial charge on any atom is 0.338 e. The van der Waals surface area contributed by atoms with Crippen molar-refractivity contribution >= 4 is 12.0 Å². The quantitative estimate of drug-likeness (QED) is 0.670. The summed E-state index contributed by atoms with van der Waals surface area (Å²) in [6.45, 7) is 2.72. The van der Waals surface area contributed by atoms with E-state index in [0.29, 0.717) is 17.8 Å². The van der Waals surface area contributed by atoms with Gasteiger partial charge in [-0.2, -0.15) is 0 Å². The second kappa shape index (κ2) is 8.23. The molecule has 1 saturated heterocycles. The molecule has 2 heterocycles. The smallest absolute Gasteiger partial charge is 0.338 e. The lowest BCUT2D eigenvalue weighted by atomic mass is 9.94. The van der Waals surface area contributed by atoms with E-state index in [-0.39, 0.29) is 6.03 Å². The highest BCUT2D eigenvalue weighted by molar-refractivity contribution is 5.95. The molecule has 7 nitrogen and oxygen atoms in total. The van der Waals surface area contributed by atoms with Crippen molar-refractivity contribution in [2.45, 2.75) is 25.3 Å². The number of hydrogen-bond acceptors (Lipinski definition) is 4. The fourth-order valence-corrected chi connectivity index (χ4v) is 3.63. The third kappa shape index (κ3) is 3.99. The molecular formula is C19H26N3O4+. The van der Waals surface area contributed by atoms with Gasteiger partial charge in [-0.05, 0) is 37.0 Å². The number of esters is 1. The molecule has 2 aliphatic heterocycles. The van der Waals surface area contributed by atoms with Crippen LogP contribution < -0.4 is 20.3 Å². The van der Waals surface area contributed by atoms with Crippen LogP contribution in [-0.4, -0.2) is 45.9 Å². The van der Waals surface area contributed by atoms with E-state index in [2.05, 4.69) is 10.6 Å². The maximum atomic E-state index is 12.5. The molecule has 0 unspecified atom stereocenters. The summed E-state index contributed by atoms with van der Waals surface area (Å²) >= 11 is 0. The zero-order chi connectivity index (χ0) is 18.5. The van der Waals surface area contributed by atoms with E-state index < -0.39 is 12.0 Å². The Bertz CT molecular complexity index is 693. The van der Waals surface area contributed by atoms with E-state index in [1.165, 1.54) is 31.3 Å². The lowest BCUT2D eigenvalue weighted by Crippen LogP contribution is -3.13. The Balaban J connectivity index is 1.95. The second-order valence-corrected chi connectivity index (χ2v) is 6.68. The number of hydrogen-bond donors (Lipinski definition) is 3. The van der Waals surface area contributed by atoms with Crippen LogP contribution in [0.15, 0.2) is 35.5 Å². The van der Waals surface area contributed by atoms with Crippen LogP contribution in [0.3, 0.4) is 0 Å².